The Morgan fingerprint density at radius 1 is 0.968 bits per heavy atom. The van der Waals surface area contributed by atoms with E-state index in [9.17, 15) is 13.2 Å². The number of benzene rings is 2. The molecule has 1 amide bonds. The van der Waals surface area contributed by atoms with Gasteiger partial charge in [-0.3, -0.25) is 4.79 Å². The summed E-state index contributed by atoms with van der Waals surface area (Å²) in [7, 11) is -3.67. The van der Waals surface area contributed by atoms with Crippen molar-refractivity contribution in [1.82, 2.24) is 9.21 Å². The van der Waals surface area contributed by atoms with Crippen molar-refractivity contribution in [3.63, 3.8) is 0 Å². The van der Waals surface area contributed by atoms with Crippen LogP contribution >= 0.6 is 11.6 Å². The third kappa shape index (κ3) is 4.72. The van der Waals surface area contributed by atoms with Crippen LogP contribution in [0, 0.1) is 6.92 Å². The standard InChI is InChI=1S/C22H26ClN3O4S/c1-17-5-6-18(15-21(17)31(28,29)26-11-13-30-14-12-26)22(27)25-9-7-24(8-10-25)20-4-2-3-19(23)16-20/h2-6,15-16H,7-14H2,1H3. The van der Waals surface area contributed by atoms with E-state index in [1.807, 2.05) is 24.3 Å². The molecule has 0 atom stereocenters. The summed E-state index contributed by atoms with van der Waals surface area (Å²) in [6, 6.07) is 12.6. The fraction of sp³-hybridized carbons (Fsp3) is 0.409. The van der Waals surface area contributed by atoms with Crippen molar-refractivity contribution in [2.75, 3.05) is 57.4 Å². The molecule has 0 N–H and O–H groups in total. The molecule has 0 aromatic heterocycles. The zero-order valence-corrected chi connectivity index (χ0v) is 19.0. The smallest absolute Gasteiger partial charge is 0.254 e. The van der Waals surface area contributed by atoms with Gasteiger partial charge in [0.15, 0.2) is 0 Å². The fourth-order valence-electron chi connectivity index (χ4n) is 3.96. The van der Waals surface area contributed by atoms with Gasteiger partial charge in [0, 0.05) is 55.5 Å². The molecule has 2 aromatic carbocycles. The quantitative estimate of drug-likeness (QED) is 0.697. The van der Waals surface area contributed by atoms with Gasteiger partial charge >= 0.3 is 0 Å². The number of halogens is 1. The lowest BCUT2D eigenvalue weighted by Gasteiger charge is -2.36. The molecule has 2 aliphatic heterocycles. The highest BCUT2D eigenvalue weighted by Crippen LogP contribution is 2.24. The normalized spacial score (nSPS) is 18.3. The maximum atomic E-state index is 13.1. The topological polar surface area (TPSA) is 70.2 Å². The van der Waals surface area contributed by atoms with Gasteiger partial charge in [-0.05, 0) is 42.8 Å². The van der Waals surface area contributed by atoms with Gasteiger partial charge in [-0.25, -0.2) is 8.42 Å². The first-order valence-corrected chi connectivity index (χ1v) is 12.2. The Hall–Kier alpha value is -2.13. The second-order valence-corrected chi connectivity index (χ2v) is 10.1. The molecule has 9 heteroatoms. The monoisotopic (exact) mass is 463 g/mol. The highest BCUT2D eigenvalue weighted by molar-refractivity contribution is 7.89. The molecule has 0 saturated carbocycles. The Kier molecular flexibility index (Phi) is 6.52. The van der Waals surface area contributed by atoms with E-state index in [2.05, 4.69) is 4.90 Å². The lowest BCUT2D eigenvalue weighted by Crippen LogP contribution is -2.48. The molecule has 31 heavy (non-hydrogen) atoms. The summed E-state index contributed by atoms with van der Waals surface area (Å²) in [6.07, 6.45) is 0. The number of nitrogens with zero attached hydrogens (tertiary/aromatic N) is 3. The summed E-state index contributed by atoms with van der Waals surface area (Å²) >= 11 is 6.09. The minimum Gasteiger partial charge on any atom is -0.379 e. The number of sulfonamides is 1. The van der Waals surface area contributed by atoms with Crippen LogP contribution in [0.25, 0.3) is 0 Å². The predicted molar refractivity (Wildman–Crippen MR) is 120 cm³/mol. The summed E-state index contributed by atoms with van der Waals surface area (Å²) in [4.78, 5) is 17.3. The van der Waals surface area contributed by atoms with E-state index in [-0.39, 0.29) is 10.8 Å². The van der Waals surface area contributed by atoms with Crippen LogP contribution in [0.15, 0.2) is 47.4 Å². The zero-order chi connectivity index (χ0) is 22.0. The zero-order valence-electron chi connectivity index (χ0n) is 17.5. The van der Waals surface area contributed by atoms with Crippen molar-refractivity contribution in [1.29, 1.82) is 0 Å². The number of morpholine rings is 1. The molecule has 7 nitrogen and oxygen atoms in total. The SMILES string of the molecule is Cc1ccc(C(=O)N2CCN(c3cccc(Cl)c3)CC2)cc1S(=O)(=O)N1CCOCC1. The van der Waals surface area contributed by atoms with Crippen LogP contribution in [0.3, 0.4) is 0 Å². The summed E-state index contributed by atoms with van der Waals surface area (Å²) < 4.78 is 32.9. The number of rotatable bonds is 4. The Morgan fingerprint density at radius 2 is 1.68 bits per heavy atom. The van der Waals surface area contributed by atoms with Gasteiger partial charge in [-0.15, -0.1) is 0 Å². The third-order valence-electron chi connectivity index (χ3n) is 5.76. The molecule has 2 aromatic rings. The lowest BCUT2D eigenvalue weighted by atomic mass is 10.1. The number of carbonyl (C=O) groups is 1. The number of ether oxygens (including phenoxy) is 1. The molecule has 0 aliphatic carbocycles. The molecule has 4 rings (SSSR count). The molecule has 0 unspecified atom stereocenters. The molecule has 2 saturated heterocycles. The van der Waals surface area contributed by atoms with E-state index in [4.69, 9.17) is 16.3 Å². The Labute approximate surface area is 188 Å². The Morgan fingerprint density at radius 3 is 2.35 bits per heavy atom. The maximum absolute atomic E-state index is 13.1. The van der Waals surface area contributed by atoms with E-state index < -0.39 is 10.0 Å². The molecule has 2 fully saturated rings. The molecule has 0 spiro atoms. The number of anilines is 1. The maximum Gasteiger partial charge on any atom is 0.254 e. The van der Waals surface area contributed by atoms with Gasteiger partial charge < -0.3 is 14.5 Å². The molecule has 166 valence electrons. The number of hydrogen-bond acceptors (Lipinski definition) is 5. The Bertz CT molecular complexity index is 1060. The fourth-order valence-corrected chi connectivity index (χ4v) is 5.80. The van der Waals surface area contributed by atoms with Crippen LogP contribution < -0.4 is 4.90 Å². The van der Waals surface area contributed by atoms with E-state index in [1.165, 1.54) is 10.4 Å². The van der Waals surface area contributed by atoms with Crippen molar-refractivity contribution in [2.24, 2.45) is 0 Å². The van der Waals surface area contributed by atoms with Gasteiger partial charge in [0.2, 0.25) is 10.0 Å². The summed E-state index contributed by atoms with van der Waals surface area (Å²) in [6.45, 7) is 5.67. The highest BCUT2D eigenvalue weighted by atomic mass is 35.5. The van der Waals surface area contributed by atoms with Gasteiger partial charge in [-0.1, -0.05) is 23.7 Å². The van der Waals surface area contributed by atoms with Crippen molar-refractivity contribution in [3.05, 3.63) is 58.6 Å². The Balaban J connectivity index is 1.49. The molecule has 0 radical (unpaired) electrons. The molecular formula is C22H26ClN3O4S. The number of carbonyl (C=O) groups excluding carboxylic acids is 1. The number of aryl methyl sites for hydroxylation is 1. The van der Waals surface area contributed by atoms with Crippen molar-refractivity contribution >= 4 is 33.2 Å². The summed E-state index contributed by atoms with van der Waals surface area (Å²) in [5, 5.41) is 0.685. The summed E-state index contributed by atoms with van der Waals surface area (Å²) in [5.41, 5.74) is 2.07. The molecule has 0 bridgehead atoms. The van der Waals surface area contributed by atoms with Gasteiger partial charge in [0.05, 0.1) is 18.1 Å². The van der Waals surface area contributed by atoms with Crippen LogP contribution in [-0.4, -0.2) is 76.0 Å². The lowest BCUT2D eigenvalue weighted by molar-refractivity contribution is 0.0729. The van der Waals surface area contributed by atoms with E-state index in [1.54, 1.807) is 24.0 Å². The number of piperazine rings is 1. The second-order valence-electron chi connectivity index (χ2n) is 7.76. The van der Waals surface area contributed by atoms with E-state index in [0.29, 0.717) is 68.6 Å². The number of amides is 1. The molecule has 2 aliphatic rings. The minimum absolute atomic E-state index is 0.149. The minimum atomic E-state index is -3.67. The van der Waals surface area contributed by atoms with Gasteiger partial charge in [-0.2, -0.15) is 4.31 Å². The van der Waals surface area contributed by atoms with Crippen molar-refractivity contribution < 1.29 is 17.9 Å². The van der Waals surface area contributed by atoms with Crippen LogP contribution in [-0.2, 0) is 14.8 Å². The molecule has 2 heterocycles. The average Bonchev–Trinajstić information content (AvgIpc) is 2.79. The van der Waals surface area contributed by atoms with E-state index >= 15 is 0 Å². The first-order valence-electron chi connectivity index (χ1n) is 10.3. The van der Waals surface area contributed by atoms with E-state index in [0.717, 1.165) is 5.69 Å². The van der Waals surface area contributed by atoms with Crippen LogP contribution in [0.2, 0.25) is 5.02 Å². The van der Waals surface area contributed by atoms with Crippen LogP contribution in [0.5, 0.6) is 0 Å². The van der Waals surface area contributed by atoms with Gasteiger partial charge in [0.1, 0.15) is 0 Å². The first kappa shape index (κ1) is 22.1. The van der Waals surface area contributed by atoms with Crippen molar-refractivity contribution in [3.8, 4) is 0 Å². The second kappa shape index (κ2) is 9.16. The average molecular weight is 464 g/mol. The predicted octanol–water partition coefficient (Wildman–Crippen LogP) is 2.63. The summed E-state index contributed by atoms with van der Waals surface area (Å²) in [5.74, 6) is -0.149. The first-order chi connectivity index (χ1) is 14.9. The van der Waals surface area contributed by atoms with Crippen molar-refractivity contribution in [2.45, 2.75) is 11.8 Å². The van der Waals surface area contributed by atoms with Crippen LogP contribution in [0.1, 0.15) is 15.9 Å². The van der Waals surface area contributed by atoms with Gasteiger partial charge in [0.25, 0.3) is 5.91 Å². The largest absolute Gasteiger partial charge is 0.379 e. The van der Waals surface area contributed by atoms with Crippen LogP contribution in [0.4, 0.5) is 5.69 Å². The number of hydrogen-bond donors (Lipinski definition) is 0. The highest BCUT2D eigenvalue weighted by Gasteiger charge is 2.29. The molecular weight excluding hydrogens is 438 g/mol. The third-order valence-corrected chi connectivity index (χ3v) is 8.04.